The Morgan fingerprint density at radius 2 is 1.27 bits per heavy atom. The average molecular weight is 475 g/mol. The highest BCUT2D eigenvalue weighted by atomic mass is 16.5. The Bertz CT molecular complexity index is 1970. The number of H-pyrrole nitrogens is 1. The summed E-state index contributed by atoms with van der Waals surface area (Å²) in [7, 11) is 0. The topological polar surface area (TPSA) is 28.3 Å². The second-order valence-corrected chi connectivity index (χ2v) is 9.52. The van der Waals surface area contributed by atoms with E-state index >= 15 is 0 Å². The van der Waals surface area contributed by atoms with Gasteiger partial charge in [-0.3, -0.25) is 0 Å². The van der Waals surface area contributed by atoms with Crippen LogP contribution in [0.5, 0.6) is 11.5 Å². The van der Waals surface area contributed by atoms with Gasteiger partial charge in [-0.1, -0.05) is 78.9 Å². The minimum atomic E-state index is 0.850. The highest BCUT2D eigenvalue weighted by Crippen LogP contribution is 2.51. The highest BCUT2D eigenvalue weighted by molar-refractivity contribution is 6.20. The van der Waals surface area contributed by atoms with Gasteiger partial charge in [0.25, 0.3) is 0 Å². The van der Waals surface area contributed by atoms with E-state index in [2.05, 4.69) is 119 Å². The Morgan fingerprint density at radius 3 is 2.22 bits per heavy atom. The lowest BCUT2D eigenvalue weighted by Crippen LogP contribution is -2.15. The largest absolute Gasteiger partial charge is 0.453 e. The van der Waals surface area contributed by atoms with Gasteiger partial charge in [0.15, 0.2) is 11.5 Å². The quantitative estimate of drug-likeness (QED) is 0.270. The van der Waals surface area contributed by atoms with Crippen molar-refractivity contribution < 1.29 is 4.74 Å². The molecule has 7 aromatic rings. The van der Waals surface area contributed by atoms with Crippen molar-refractivity contribution in [3.05, 3.63) is 127 Å². The zero-order valence-corrected chi connectivity index (χ0v) is 20.0. The van der Waals surface area contributed by atoms with Crippen LogP contribution in [0, 0.1) is 0 Å². The van der Waals surface area contributed by atoms with E-state index in [9.17, 15) is 0 Å². The molecule has 3 nitrogen and oxygen atoms in total. The Hall–Kier alpha value is -5.02. The van der Waals surface area contributed by atoms with Crippen LogP contribution in [0.2, 0.25) is 0 Å². The van der Waals surface area contributed by atoms with Crippen molar-refractivity contribution >= 4 is 49.6 Å². The van der Waals surface area contributed by atoms with Gasteiger partial charge in [0.1, 0.15) is 0 Å². The summed E-state index contributed by atoms with van der Waals surface area (Å²) in [6, 6.07) is 44.8. The molecule has 1 aliphatic heterocycles. The number of ether oxygens (including phenoxy) is 1. The van der Waals surface area contributed by atoms with E-state index < -0.39 is 0 Å². The maximum Gasteiger partial charge on any atom is 0.152 e. The molecule has 37 heavy (non-hydrogen) atoms. The van der Waals surface area contributed by atoms with Gasteiger partial charge in [-0.2, -0.15) is 0 Å². The summed E-state index contributed by atoms with van der Waals surface area (Å²) in [5, 5.41) is 5.06. The van der Waals surface area contributed by atoms with Gasteiger partial charge in [0.2, 0.25) is 0 Å². The lowest BCUT2D eigenvalue weighted by Gasteiger charge is -2.33. The highest BCUT2D eigenvalue weighted by Gasteiger charge is 2.26. The maximum atomic E-state index is 6.43. The second-order valence-electron chi connectivity index (χ2n) is 9.52. The molecule has 8 rings (SSSR count). The van der Waals surface area contributed by atoms with Crippen LogP contribution < -0.4 is 9.64 Å². The minimum absolute atomic E-state index is 0.850. The van der Waals surface area contributed by atoms with Crippen LogP contribution in [-0.4, -0.2) is 4.98 Å². The molecule has 174 valence electrons. The fourth-order valence-electron chi connectivity index (χ4n) is 5.65. The maximum absolute atomic E-state index is 6.43. The molecule has 0 radical (unpaired) electrons. The number of anilines is 3. The van der Waals surface area contributed by atoms with Crippen LogP contribution in [-0.2, 0) is 0 Å². The van der Waals surface area contributed by atoms with Crippen LogP contribution in [0.15, 0.2) is 127 Å². The van der Waals surface area contributed by atoms with Crippen LogP contribution in [0.4, 0.5) is 17.1 Å². The number of rotatable bonds is 2. The monoisotopic (exact) mass is 474 g/mol. The summed E-state index contributed by atoms with van der Waals surface area (Å²) in [5.74, 6) is 1.71. The molecular weight excluding hydrogens is 452 g/mol. The van der Waals surface area contributed by atoms with Gasteiger partial charge >= 0.3 is 0 Å². The number of hydrogen-bond donors (Lipinski definition) is 1. The molecule has 0 saturated carbocycles. The van der Waals surface area contributed by atoms with E-state index in [1.165, 1.54) is 21.5 Å². The molecular formula is C34H22N2O. The van der Waals surface area contributed by atoms with Gasteiger partial charge in [-0.25, -0.2) is 0 Å². The van der Waals surface area contributed by atoms with Crippen LogP contribution >= 0.6 is 0 Å². The molecule has 0 unspecified atom stereocenters. The Balaban J connectivity index is 1.27. The lowest BCUT2D eigenvalue weighted by atomic mass is 10.00. The Morgan fingerprint density at radius 1 is 0.514 bits per heavy atom. The third kappa shape index (κ3) is 3.08. The van der Waals surface area contributed by atoms with Crippen molar-refractivity contribution in [1.82, 2.24) is 4.98 Å². The third-order valence-corrected chi connectivity index (χ3v) is 7.36. The van der Waals surface area contributed by atoms with Crippen molar-refractivity contribution in [2.75, 3.05) is 4.90 Å². The van der Waals surface area contributed by atoms with Gasteiger partial charge < -0.3 is 14.6 Å². The van der Waals surface area contributed by atoms with Crippen LogP contribution in [0.3, 0.4) is 0 Å². The Labute approximate surface area is 214 Å². The normalized spacial score (nSPS) is 12.5. The molecule has 1 N–H and O–H groups in total. The predicted octanol–water partition coefficient (Wildman–Crippen LogP) is 9.72. The predicted molar refractivity (Wildman–Crippen MR) is 154 cm³/mol. The van der Waals surface area contributed by atoms with Gasteiger partial charge in [-0.05, 0) is 70.4 Å². The molecule has 1 aliphatic rings. The molecule has 1 aromatic heterocycles. The van der Waals surface area contributed by atoms with Crippen molar-refractivity contribution in [3.8, 4) is 22.6 Å². The number of para-hydroxylation sites is 3. The molecule has 0 aliphatic carbocycles. The van der Waals surface area contributed by atoms with Crippen LogP contribution in [0.1, 0.15) is 0 Å². The number of nitrogens with one attached hydrogen (secondary N) is 1. The number of aromatic nitrogens is 1. The van der Waals surface area contributed by atoms with Gasteiger partial charge in [-0.15, -0.1) is 0 Å². The van der Waals surface area contributed by atoms with Crippen molar-refractivity contribution in [3.63, 3.8) is 0 Å². The zero-order chi connectivity index (χ0) is 24.3. The van der Waals surface area contributed by atoms with Crippen LogP contribution in [0.25, 0.3) is 43.7 Å². The van der Waals surface area contributed by atoms with Crippen molar-refractivity contribution in [1.29, 1.82) is 0 Å². The van der Waals surface area contributed by atoms with Crippen molar-refractivity contribution in [2.45, 2.75) is 0 Å². The Kier molecular flexibility index (Phi) is 4.23. The van der Waals surface area contributed by atoms with E-state index in [1.807, 2.05) is 18.2 Å². The molecule has 0 amide bonds. The SMILES string of the molecule is c1ccc(N2c3ccccc3Oc3cc(-c4ccc5c(c4)[nH]c4ccc6ccccc6c45)ccc32)cc1. The fraction of sp³-hybridized carbons (Fsp3) is 0. The number of aromatic amines is 1. The molecule has 0 saturated heterocycles. The van der Waals surface area contributed by atoms with Gasteiger partial charge in [0, 0.05) is 27.5 Å². The van der Waals surface area contributed by atoms with E-state index in [0.29, 0.717) is 0 Å². The first-order chi connectivity index (χ1) is 18.3. The molecule has 0 spiro atoms. The summed E-state index contributed by atoms with van der Waals surface area (Å²) in [6.45, 7) is 0. The smallest absolute Gasteiger partial charge is 0.152 e. The molecule has 6 aromatic carbocycles. The van der Waals surface area contributed by atoms with Crippen molar-refractivity contribution in [2.24, 2.45) is 0 Å². The summed E-state index contributed by atoms with van der Waals surface area (Å²) in [6.07, 6.45) is 0. The molecule has 3 heteroatoms. The van der Waals surface area contributed by atoms with E-state index in [0.717, 1.165) is 50.7 Å². The first kappa shape index (κ1) is 20.2. The number of hydrogen-bond acceptors (Lipinski definition) is 2. The minimum Gasteiger partial charge on any atom is -0.453 e. The number of fused-ring (bicyclic) bond motifs is 7. The lowest BCUT2D eigenvalue weighted by molar-refractivity contribution is 0.477. The number of benzene rings is 6. The molecule has 0 fully saturated rings. The summed E-state index contributed by atoms with van der Waals surface area (Å²) in [4.78, 5) is 5.91. The van der Waals surface area contributed by atoms with Gasteiger partial charge in [0.05, 0.1) is 11.4 Å². The second kappa shape index (κ2) is 7.74. The van der Waals surface area contributed by atoms with E-state index in [-0.39, 0.29) is 0 Å². The standard InChI is InChI=1S/C34H22N2O/c1-2-9-25(10-3-1)36-30-12-6-7-13-32(30)37-33-21-24(16-19-31(33)36)23-14-17-27-29(20-23)35-28-18-15-22-8-4-5-11-26(22)34(27)28/h1-21,35H. The third-order valence-electron chi connectivity index (χ3n) is 7.36. The zero-order valence-electron chi connectivity index (χ0n) is 20.0. The van der Waals surface area contributed by atoms with E-state index in [4.69, 9.17) is 4.74 Å². The summed E-state index contributed by atoms with van der Waals surface area (Å²) >= 11 is 0. The average Bonchev–Trinajstić information content (AvgIpc) is 3.34. The molecule has 0 bridgehead atoms. The number of nitrogens with zero attached hydrogens (tertiary/aromatic N) is 1. The van der Waals surface area contributed by atoms with E-state index in [1.54, 1.807) is 0 Å². The summed E-state index contributed by atoms with van der Waals surface area (Å²) < 4.78 is 6.43. The first-order valence-corrected chi connectivity index (χ1v) is 12.5. The summed E-state index contributed by atoms with van der Waals surface area (Å²) in [5.41, 5.74) is 7.76. The fourth-order valence-corrected chi connectivity index (χ4v) is 5.65. The first-order valence-electron chi connectivity index (χ1n) is 12.5. The molecule has 0 atom stereocenters. The molecule has 2 heterocycles.